The fourth-order valence-electron chi connectivity index (χ4n) is 3.27. The number of aryl methyl sites for hydroxylation is 1. The van der Waals surface area contributed by atoms with Crippen molar-refractivity contribution in [3.05, 3.63) is 124 Å². The Morgan fingerprint density at radius 2 is 1.59 bits per heavy atom. The number of carbonyl (C=O) groups is 2. The van der Waals surface area contributed by atoms with E-state index in [1.165, 1.54) is 6.08 Å². The Bertz CT molecular complexity index is 1310. The van der Waals surface area contributed by atoms with Gasteiger partial charge >= 0.3 is 0 Å². The molecular formula is C28H23BrN2O3. The summed E-state index contributed by atoms with van der Waals surface area (Å²) in [5.74, 6) is 0.325. The number of amides is 2. The smallest absolute Gasteiger partial charge is 0.268 e. The highest BCUT2D eigenvalue weighted by molar-refractivity contribution is 9.10. The molecule has 4 aromatic rings. The lowest BCUT2D eigenvalue weighted by Gasteiger charge is -2.11. The SMILES string of the molecule is Cc1ccc(C(=O)NC(=Cc2ccc(-c3ccc(Br)cc3)o2)C(=O)NCc2ccccc2)cc1. The molecule has 5 nitrogen and oxygen atoms in total. The molecule has 6 heteroatoms. The van der Waals surface area contributed by atoms with Crippen molar-refractivity contribution in [2.45, 2.75) is 13.5 Å². The van der Waals surface area contributed by atoms with Crippen LogP contribution in [0.25, 0.3) is 17.4 Å². The zero-order valence-electron chi connectivity index (χ0n) is 18.5. The topological polar surface area (TPSA) is 71.3 Å². The summed E-state index contributed by atoms with van der Waals surface area (Å²) in [6, 6.07) is 28.0. The second kappa shape index (κ2) is 10.8. The molecule has 0 bridgehead atoms. The molecule has 34 heavy (non-hydrogen) atoms. The lowest BCUT2D eigenvalue weighted by Crippen LogP contribution is -2.34. The van der Waals surface area contributed by atoms with Crippen LogP contribution in [0.2, 0.25) is 0 Å². The van der Waals surface area contributed by atoms with Gasteiger partial charge in [0, 0.05) is 28.2 Å². The zero-order chi connectivity index (χ0) is 23.9. The van der Waals surface area contributed by atoms with Crippen LogP contribution >= 0.6 is 15.9 Å². The van der Waals surface area contributed by atoms with Crippen LogP contribution in [0.1, 0.15) is 27.2 Å². The average molecular weight is 515 g/mol. The minimum atomic E-state index is -0.411. The Hall–Kier alpha value is -3.90. The van der Waals surface area contributed by atoms with Crippen molar-refractivity contribution in [3.63, 3.8) is 0 Å². The van der Waals surface area contributed by atoms with Crippen molar-refractivity contribution in [1.29, 1.82) is 0 Å². The maximum atomic E-state index is 13.0. The highest BCUT2D eigenvalue weighted by atomic mass is 79.9. The molecule has 170 valence electrons. The summed E-state index contributed by atoms with van der Waals surface area (Å²) in [7, 11) is 0. The molecular weight excluding hydrogens is 492 g/mol. The van der Waals surface area contributed by atoms with Gasteiger partial charge in [-0.2, -0.15) is 0 Å². The fraction of sp³-hybridized carbons (Fsp3) is 0.0714. The first-order chi connectivity index (χ1) is 16.5. The highest BCUT2D eigenvalue weighted by Gasteiger charge is 2.16. The minimum absolute atomic E-state index is 0.0956. The fourth-order valence-corrected chi connectivity index (χ4v) is 3.54. The largest absolute Gasteiger partial charge is 0.457 e. The Labute approximate surface area is 206 Å². The Morgan fingerprint density at radius 1 is 0.882 bits per heavy atom. The first-order valence-electron chi connectivity index (χ1n) is 10.8. The van der Waals surface area contributed by atoms with Crippen molar-refractivity contribution in [2.75, 3.05) is 0 Å². The van der Waals surface area contributed by atoms with Crippen molar-refractivity contribution < 1.29 is 14.0 Å². The molecule has 0 saturated heterocycles. The van der Waals surface area contributed by atoms with Crippen LogP contribution in [0.3, 0.4) is 0 Å². The maximum absolute atomic E-state index is 13.0. The molecule has 0 aliphatic rings. The number of hydrogen-bond acceptors (Lipinski definition) is 3. The van der Waals surface area contributed by atoms with Crippen LogP contribution in [0.4, 0.5) is 0 Å². The standard InChI is InChI=1S/C28H23BrN2O3/c1-19-7-9-22(10-8-19)27(32)31-25(28(33)30-18-20-5-3-2-4-6-20)17-24-15-16-26(34-24)21-11-13-23(29)14-12-21/h2-17H,18H2,1H3,(H,30,33)(H,31,32). The number of rotatable bonds is 7. The van der Waals surface area contributed by atoms with Crippen LogP contribution in [0.15, 0.2) is 106 Å². The van der Waals surface area contributed by atoms with E-state index in [1.54, 1.807) is 18.2 Å². The van der Waals surface area contributed by atoms with Crippen LogP contribution < -0.4 is 10.6 Å². The normalized spacial score (nSPS) is 11.2. The summed E-state index contributed by atoms with van der Waals surface area (Å²) in [5, 5.41) is 5.60. The van der Waals surface area contributed by atoms with Gasteiger partial charge in [0.1, 0.15) is 17.2 Å². The van der Waals surface area contributed by atoms with Gasteiger partial charge in [-0.05, 0) is 48.9 Å². The van der Waals surface area contributed by atoms with Crippen molar-refractivity contribution >= 4 is 33.8 Å². The van der Waals surface area contributed by atoms with Gasteiger partial charge in [-0.1, -0.05) is 76.1 Å². The van der Waals surface area contributed by atoms with Gasteiger partial charge in [-0.15, -0.1) is 0 Å². The number of furan rings is 1. The van der Waals surface area contributed by atoms with Gasteiger partial charge in [0.2, 0.25) is 0 Å². The summed E-state index contributed by atoms with van der Waals surface area (Å²) in [6.07, 6.45) is 1.54. The van der Waals surface area contributed by atoms with E-state index < -0.39 is 5.91 Å². The van der Waals surface area contributed by atoms with Crippen molar-refractivity contribution in [2.24, 2.45) is 0 Å². The predicted molar refractivity (Wildman–Crippen MR) is 137 cm³/mol. The molecule has 0 saturated carbocycles. The number of nitrogens with one attached hydrogen (secondary N) is 2. The minimum Gasteiger partial charge on any atom is -0.457 e. The summed E-state index contributed by atoms with van der Waals surface area (Å²) in [6.45, 7) is 2.28. The third-order valence-corrected chi connectivity index (χ3v) is 5.67. The molecule has 0 fully saturated rings. The summed E-state index contributed by atoms with van der Waals surface area (Å²) in [5.41, 5.74) is 3.46. The predicted octanol–water partition coefficient (Wildman–Crippen LogP) is 6.10. The van der Waals surface area contributed by atoms with Gasteiger partial charge in [0.05, 0.1) is 0 Å². The average Bonchev–Trinajstić information content (AvgIpc) is 3.32. The molecule has 4 rings (SSSR count). The first kappa shape index (κ1) is 23.3. The van der Waals surface area contributed by atoms with Crippen LogP contribution in [0, 0.1) is 6.92 Å². The molecule has 0 spiro atoms. The van der Waals surface area contributed by atoms with E-state index in [1.807, 2.05) is 79.7 Å². The van der Waals surface area contributed by atoms with Crippen molar-refractivity contribution in [1.82, 2.24) is 10.6 Å². The first-order valence-corrected chi connectivity index (χ1v) is 11.5. The quantitative estimate of drug-likeness (QED) is 0.292. The molecule has 1 aromatic heterocycles. The van der Waals surface area contributed by atoms with Crippen LogP contribution in [-0.2, 0) is 11.3 Å². The third kappa shape index (κ3) is 6.11. The van der Waals surface area contributed by atoms with E-state index in [0.717, 1.165) is 21.2 Å². The molecule has 0 radical (unpaired) electrons. The van der Waals surface area contributed by atoms with Crippen molar-refractivity contribution in [3.8, 4) is 11.3 Å². The summed E-state index contributed by atoms with van der Waals surface area (Å²) in [4.78, 5) is 25.8. The zero-order valence-corrected chi connectivity index (χ0v) is 20.1. The molecule has 2 N–H and O–H groups in total. The second-order valence-corrected chi connectivity index (χ2v) is 8.67. The number of carbonyl (C=O) groups excluding carboxylic acids is 2. The number of halogens is 1. The molecule has 0 unspecified atom stereocenters. The summed E-state index contributed by atoms with van der Waals surface area (Å²) >= 11 is 3.42. The molecule has 2 amide bonds. The van der Waals surface area contributed by atoms with E-state index in [4.69, 9.17) is 4.42 Å². The van der Waals surface area contributed by atoms with Gasteiger partial charge in [-0.25, -0.2) is 0 Å². The Kier molecular flexibility index (Phi) is 7.40. The van der Waals surface area contributed by atoms with Crippen LogP contribution in [-0.4, -0.2) is 11.8 Å². The van der Waals surface area contributed by atoms with Gasteiger partial charge in [0.25, 0.3) is 11.8 Å². The van der Waals surface area contributed by atoms with Gasteiger partial charge in [0.15, 0.2) is 0 Å². The Morgan fingerprint density at radius 3 is 2.29 bits per heavy atom. The lowest BCUT2D eigenvalue weighted by atomic mass is 10.1. The monoisotopic (exact) mass is 514 g/mol. The lowest BCUT2D eigenvalue weighted by molar-refractivity contribution is -0.117. The Balaban J connectivity index is 1.57. The van der Waals surface area contributed by atoms with Gasteiger partial charge < -0.3 is 15.1 Å². The maximum Gasteiger partial charge on any atom is 0.268 e. The van der Waals surface area contributed by atoms with Crippen LogP contribution in [0.5, 0.6) is 0 Å². The number of benzene rings is 3. The highest BCUT2D eigenvalue weighted by Crippen LogP contribution is 2.25. The molecule has 1 heterocycles. The third-order valence-electron chi connectivity index (χ3n) is 5.14. The van der Waals surface area contributed by atoms with E-state index in [2.05, 4.69) is 26.6 Å². The van der Waals surface area contributed by atoms with Gasteiger partial charge in [-0.3, -0.25) is 9.59 Å². The van der Waals surface area contributed by atoms with E-state index >= 15 is 0 Å². The molecule has 3 aromatic carbocycles. The molecule has 0 atom stereocenters. The molecule has 0 aliphatic heterocycles. The van der Waals surface area contributed by atoms with E-state index in [9.17, 15) is 9.59 Å². The molecule has 0 aliphatic carbocycles. The second-order valence-electron chi connectivity index (χ2n) is 7.76. The van der Waals surface area contributed by atoms with E-state index in [-0.39, 0.29) is 11.6 Å². The van der Waals surface area contributed by atoms with E-state index in [0.29, 0.717) is 23.6 Å². The summed E-state index contributed by atoms with van der Waals surface area (Å²) < 4.78 is 6.90. The number of hydrogen-bond donors (Lipinski definition) is 2.